The Morgan fingerprint density at radius 3 is 2.89 bits per heavy atom. The van der Waals surface area contributed by atoms with Crippen LogP contribution in [0.15, 0.2) is 16.3 Å². The Hall–Kier alpha value is -0.960. The molecule has 1 aromatic heterocycles. The van der Waals surface area contributed by atoms with E-state index in [1.54, 1.807) is 0 Å². The molecule has 1 atom stereocenters. The molecule has 1 aromatic rings. The van der Waals surface area contributed by atoms with Gasteiger partial charge in [-0.1, -0.05) is 0 Å². The summed E-state index contributed by atoms with van der Waals surface area (Å²) in [5.41, 5.74) is 0. The number of hydrogen-bond acceptors (Lipinski definition) is 5. The maximum absolute atomic E-state index is 12.4. The lowest BCUT2D eigenvalue weighted by Crippen LogP contribution is -2.35. The van der Waals surface area contributed by atoms with Crippen LogP contribution in [-0.2, 0) is 14.8 Å². The van der Waals surface area contributed by atoms with Gasteiger partial charge >= 0.3 is 5.97 Å². The van der Waals surface area contributed by atoms with Gasteiger partial charge in [0.1, 0.15) is 9.09 Å². The van der Waals surface area contributed by atoms with Crippen molar-refractivity contribution in [3.05, 3.63) is 17.0 Å². The fourth-order valence-electron chi connectivity index (χ4n) is 1.88. The molecule has 1 unspecified atom stereocenters. The summed E-state index contributed by atoms with van der Waals surface area (Å²) in [7, 11) is -3.62. The van der Waals surface area contributed by atoms with Crippen LogP contribution in [0.1, 0.15) is 23.0 Å². The van der Waals surface area contributed by atoms with Gasteiger partial charge in [-0.25, -0.2) is 13.2 Å². The van der Waals surface area contributed by atoms with Crippen molar-refractivity contribution in [3.63, 3.8) is 0 Å². The predicted octanol–water partition coefficient (Wildman–Crippen LogP) is 1.25. The highest BCUT2D eigenvalue weighted by Crippen LogP contribution is 2.26. The van der Waals surface area contributed by atoms with E-state index < -0.39 is 16.0 Å². The Balaban J connectivity index is 2.27. The normalized spacial score (nSPS) is 22.1. The summed E-state index contributed by atoms with van der Waals surface area (Å²) in [5, 5.41) is 8.84. The minimum Gasteiger partial charge on any atom is -0.477 e. The molecule has 0 amide bonds. The lowest BCUT2D eigenvalue weighted by Gasteiger charge is -2.20. The van der Waals surface area contributed by atoms with Gasteiger partial charge in [0.05, 0.1) is 6.10 Å². The van der Waals surface area contributed by atoms with Crippen LogP contribution in [0.5, 0.6) is 0 Å². The molecule has 0 aliphatic carbocycles. The van der Waals surface area contributed by atoms with E-state index in [9.17, 15) is 13.2 Å². The van der Waals surface area contributed by atoms with E-state index in [2.05, 4.69) is 0 Å². The van der Waals surface area contributed by atoms with Gasteiger partial charge in [-0.15, -0.1) is 11.3 Å². The molecule has 0 saturated carbocycles. The van der Waals surface area contributed by atoms with Gasteiger partial charge in [-0.05, 0) is 25.5 Å². The van der Waals surface area contributed by atoms with Gasteiger partial charge in [-0.3, -0.25) is 0 Å². The third-order valence-electron chi connectivity index (χ3n) is 2.80. The smallest absolute Gasteiger partial charge is 0.345 e. The van der Waals surface area contributed by atoms with Crippen LogP contribution in [0.4, 0.5) is 0 Å². The second-order valence-corrected chi connectivity index (χ2v) is 7.57. The number of carbonyl (C=O) groups is 1. The minimum atomic E-state index is -3.62. The van der Waals surface area contributed by atoms with Gasteiger partial charge in [-0.2, -0.15) is 4.31 Å². The van der Waals surface area contributed by atoms with E-state index in [1.165, 1.54) is 16.4 Å². The standard InChI is InChI=1S/C11H15NO5S2/c1-8-7-12(5-2-6-17-8)19(15,16)10-4-3-9(18-10)11(13)14/h3-4,8H,2,5-7H2,1H3,(H,13,14). The third-order valence-corrected chi connectivity index (χ3v) is 6.21. The molecule has 2 rings (SSSR count). The summed E-state index contributed by atoms with van der Waals surface area (Å²) in [4.78, 5) is 10.8. The maximum atomic E-state index is 12.4. The minimum absolute atomic E-state index is 0.0256. The van der Waals surface area contributed by atoms with Crippen molar-refractivity contribution in [1.29, 1.82) is 0 Å². The Bertz CT molecular complexity index is 565. The van der Waals surface area contributed by atoms with Crippen molar-refractivity contribution in [3.8, 4) is 0 Å². The molecule has 1 aliphatic heterocycles. The number of carboxylic acids is 1. The zero-order valence-electron chi connectivity index (χ0n) is 10.4. The lowest BCUT2D eigenvalue weighted by atomic mass is 10.4. The first-order chi connectivity index (χ1) is 8.91. The Kier molecular flexibility index (Phi) is 4.24. The summed E-state index contributed by atoms with van der Waals surface area (Å²) in [6.45, 7) is 3.05. The molecule has 2 heterocycles. The molecular formula is C11H15NO5S2. The molecule has 1 aliphatic rings. The number of carboxylic acid groups (broad SMARTS) is 1. The number of ether oxygens (including phenoxy) is 1. The van der Waals surface area contributed by atoms with Crippen molar-refractivity contribution >= 4 is 27.3 Å². The average molecular weight is 305 g/mol. The summed E-state index contributed by atoms with van der Waals surface area (Å²) in [6.07, 6.45) is 0.483. The average Bonchev–Trinajstić information content (AvgIpc) is 2.74. The highest BCUT2D eigenvalue weighted by molar-refractivity contribution is 7.91. The molecule has 0 spiro atoms. The van der Waals surface area contributed by atoms with Crippen LogP contribution in [-0.4, -0.2) is 49.6 Å². The topological polar surface area (TPSA) is 83.9 Å². The van der Waals surface area contributed by atoms with Crippen LogP contribution >= 0.6 is 11.3 Å². The van der Waals surface area contributed by atoms with Crippen LogP contribution in [0.3, 0.4) is 0 Å². The molecule has 1 N–H and O–H groups in total. The lowest BCUT2D eigenvalue weighted by molar-refractivity contribution is 0.0702. The summed E-state index contributed by atoms with van der Waals surface area (Å²) >= 11 is 0.780. The van der Waals surface area contributed by atoms with Crippen molar-refractivity contribution < 1.29 is 23.1 Å². The second-order valence-electron chi connectivity index (χ2n) is 4.32. The summed E-state index contributed by atoms with van der Waals surface area (Å²) in [5.74, 6) is -1.11. The fraction of sp³-hybridized carbons (Fsp3) is 0.545. The van der Waals surface area contributed by atoms with Crippen molar-refractivity contribution in [1.82, 2.24) is 4.31 Å². The van der Waals surface area contributed by atoms with Gasteiger partial charge in [0.2, 0.25) is 0 Å². The number of hydrogen-bond donors (Lipinski definition) is 1. The predicted molar refractivity (Wildman–Crippen MR) is 70.1 cm³/mol. The zero-order chi connectivity index (χ0) is 14.0. The molecular weight excluding hydrogens is 290 g/mol. The van der Waals surface area contributed by atoms with E-state index >= 15 is 0 Å². The maximum Gasteiger partial charge on any atom is 0.345 e. The second kappa shape index (κ2) is 5.58. The number of sulfonamides is 1. The Morgan fingerprint density at radius 1 is 1.53 bits per heavy atom. The Labute approximate surface area is 115 Å². The van der Waals surface area contributed by atoms with Gasteiger partial charge in [0, 0.05) is 19.7 Å². The van der Waals surface area contributed by atoms with E-state index in [0.717, 1.165) is 11.3 Å². The molecule has 8 heteroatoms. The van der Waals surface area contributed by atoms with Gasteiger partial charge < -0.3 is 9.84 Å². The fourth-order valence-corrected chi connectivity index (χ4v) is 4.73. The molecule has 106 valence electrons. The molecule has 6 nitrogen and oxygen atoms in total. The van der Waals surface area contributed by atoms with E-state index in [4.69, 9.17) is 9.84 Å². The van der Waals surface area contributed by atoms with Gasteiger partial charge in [0.15, 0.2) is 0 Å². The van der Waals surface area contributed by atoms with Crippen molar-refractivity contribution in [2.24, 2.45) is 0 Å². The quantitative estimate of drug-likeness (QED) is 0.908. The number of nitrogens with zero attached hydrogens (tertiary/aromatic N) is 1. The first kappa shape index (κ1) is 14.4. The highest BCUT2D eigenvalue weighted by atomic mass is 32.2. The molecule has 0 aromatic carbocycles. The molecule has 1 fully saturated rings. The number of aromatic carboxylic acids is 1. The number of rotatable bonds is 3. The van der Waals surface area contributed by atoms with Crippen LogP contribution in [0.2, 0.25) is 0 Å². The monoisotopic (exact) mass is 305 g/mol. The SMILES string of the molecule is CC1CN(S(=O)(=O)c2ccc(C(=O)O)s2)CCCO1. The summed E-state index contributed by atoms with van der Waals surface area (Å²) < 4.78 is 31.7. The van der Waals surface area contributed by atoms with Crippen molar-refractivity contribution in [2.75, 3.05) is 19.7 Å². The molecule has 1 saturated heterocycles. The third kappa shape index (κ3) is 3.14. The van der Waals surface area contributed by atoms with Crippen LogP contribution in [0.25, 0.3) is 0 Å². The highest BCUT2D eigenvalue weighted by Gasteiger charge is 2.29. The van der Waals surface area contributed by atoms with Crippen LogP contribution in [0, 0.1) is 0 Å². The summed E-state index contributed by atoms with van der Waals surface area (Å²) in [6, 6.07) is 2.66. The molecule has 0 bridgehead atoms. The molecule has 0 radical (unpaired) electrons. The van der Waals surface area contributed by atoms with Crippen molar-refractivity contribution in [2.45, 2.75) is 23.7 Å². The Morgan fingerprint density at radius 2 is 2.26 bits per heavy atom. The zero-order valence-corrected chi connectivity index (χ0v) is 12.0. The van der Waals surface area contributed by atoms with E-state index in [-0.39, 0.29) is 15.2 Å². The first-order valence-electron chi connectivity index (χ1n) is 5.86. The number of thiophene rings is 1. The van der Waals surface area contributed by atoms with E-state index in [0.29, 0.717) is 26.1 Å². The first-order valence-corrected chi connectivity index (χ1v) is 8.12. The van der Waals surface area contributed by atoms with Crippen LogP contribution < -0.4 is 0 Å². The van der Waals surface area contributed by atoms with Gasteiger partial charge in [0.25, 0.3) is 10.0 Å². The van der Waals surface area contributed by atoms with E-state index in [1.807, 2.05) is 6.92 Å². The largest absolute Gasteiger partial charge is 0.477 e. The molecule has 19 heavy (non-hydrogen) atoms.